The van der Waals surface area contributed by atoms with E-state index in [1.165, 1.54) is 0 Å². The Morgan fingerprint density at radius 3 is 2.78 bits per heavy atom. The molecule has 0 atom stereocenters. The maximum atomic E-state index is 10.5. The standard InChI is InChI=1S/C12H14BrNO4/c1-14(3-2-12(15)16)6-8-4-10-11(5-9(8)13)18-7-17-10/h4-5H,2-3,6-7H2,1H3,(H,15,16). The Kier molecular flexibility index (Phi) is 4.08. The molecule has 0 fully saturated rings. The molecular weight excluding hydrogens is 302 g/mol. The quantitative estimate of drug-likeness (QED) is 0.901. The molecule has 0 aliphatic carbocycles. The zero-order valence-corrected chi connectivity index (χ0v) is 11.6. The number of fused-ring (bicyclic) bond motifs is 1. The summed E-state index contributed by atoms with van der Waals surface area (Å²) in [5.74, 6) is 0.685. The van der Waals surface area contributed by atoms with E-state index in [-0.39, 0.29) is 13.2 Å². The summed E-state index contributed by atoms with van der Waals surface area (Å²) in [4.78, 5) is 12.5. The lowest BCUT2D eigenvalue weighted by molar-refractivity contribution is -0.137. The maximum absolute atomic E-state index is 10.5. The third kappa shape index (κ3) is 3.14. The molecule has 0 radical (unpaired) electrons. The van der Waals surface area contributed by atoms with E-state index in [1.54, 1.807) is 0 Å². The smallest absolute Gasteiger partial charge is 0.304 e. The second-order valence-corrected chi connectivity index (χ2v) is 5.03. The van der Waals surface area contributed by atoms with Crippen molar-refractivity contribution in [1.29, 1.82) is 0 Å². The second-order valence-electron chi connectivity index (χ2n) is 4.18. The minimum absolute atomic E-state index is 0.138. The van der Waals surface area contributed by atoms with Crippen molar-refractivity contribution in [3.05, 3.63) is 22.2 Å². The van der Waals surface area contributed by atoms with Crippen LogP contribution < -0.4 is 9.47 Å². The van der Waals surface area contributed by atoms with Gasteiger partial charge in [-0.25, -0.2) is 0 Å². The Morgan fingerprint density at radius 2 is 2.11 bits per heavy atom. The van der Waals surface area contributed by atoms with Crippen molar-refractivity contribution in [2.75, 3.05) is 20.4 Å². The molecule has 0 saturated carbocycles. The monoisotopic (exact) mass is 315 g/mol. The van der Waals surface area contributed by atoms with Crippen molar-refractivity contribution in [2.24, 2.45) is 0 Å². The van der Waals surface area contributed by atoms with E-state index in [4.69, 9.17) is 14.6 Å². The van der Waals surface area contributed by atoms with Crippen molar-refractivity contribution in [3.8, 4) is 11.5 Å². The highest BCUT2D eigenvalue weighted by molar-refractivity contribution is 9.10. The number of benzene rings is 1. The van der Waals surface area contributed by atoms with Gasteiger partial charge in [0.05, 0.1) is 6.42 Å². The molecule has 1 heterocycles. The number of hydrogen-bond acceptors (Lipinski definition) is 4. The molecule has 2 rings (SSSR count). The van der Waals surface area contributed by atoms with Gasteiger partial charge in [0.1, 0.15) is 0 Å². The minimum Gasteiger partial charge on any atom is -0.481 e. The Bertz CT molecular complexity index is 464. The normalized spacial score (nSPS) is 13.1. The molecule has 6 heteroatoms. The maximum Gasteiger partial charge on any atom is 0.304 e. The number of carboxylic acid groups (broad SMARTS) is 1. The van der Waals surface area contributed by atoms with Crippen LogP contribution in [0.4, 0.5) is 0 Å². The fourth-order valence-corrected chi connectivity index (χ4v) is 2.18. The number of ether oxygens (including phenoxy) is 2. The van der Waals surface area contributed by atoms with Crippen LogP contribution in [-0.2, 0) is 11.3 Å². The first-order valence-corrected chi connectivity index (χ1v) is 6.34. The van der Waals surface area contributed by atoms with E-state index in [2.05, 4.69) is 15.9 Å². The Balaban J connectivity index is 2.03. The molecule has 0 amide bonds. The zero-order valence-electron chi connectivity index (χ0n) is 9.98. The molecule has 0 aromatic heterocycles. The Morgan fingerprint density at radius 1 is 1.44 bits per heavy atom. The summed E-state index contributed by atoms with van der Waals surface area (Å²) in [5, 5.41) is 8.64. The van der Waals surface area contributed by atoms with Crippen LogP contribution in [-0.4, -0.2) is 36.4 Å². The first-order valence-electron chi connectivity index (χ1n) is 5.54. The Hall–Kier alpha value is -1.27. The van der Waals surface area contributed by atoms with Crippen molar-refractivity contribution < 1.29 is 19.4 Å². The van der Waals surface area contributed by atoms with Gasteiger partial charge in [0, 0.05) is 17.6 Å². The molecule has 18 heavy (non-hydrogen) atoms. The van der Waals surface area contributed by atoms with Gasteiger partial charge in [0.25, 0.3) is 0 Å². The van der Waals surface area contributed by atoms with Gasteiger partial charge in [0.15, 0.2) is 11.5 Å². The molecule has 5 nitrogen and oxygen atoms in total. The molecule has 0 unspecified atom stereocenters. The SMILES string of the molecule is CN(CCC(=O)O)Cc1cc2c(cc1Br)OCO2. The van der Waals surface area contributed by atoms with Crippen molar-refractivity contribution >= 4 is 21.9 Å². The predicted octanol–water partition coefficient (Wildman–Crippen LogP) is 2.08. The number of carboxylic acids is 1. The van der Waals surface area contributed by atoms with Crippen molar-refractivity contribution in [1.82, 2.24) is 4.90 Å². The van der Waals surface area contributed by atoms with E-state index in [0.717, 1.165) is 21.5 Å². The number of rotatable bonds is 5. The van der Waals surface area contributed by atoms with E-state index in [9.17, 15) is 4.79 Å². The van der Waals surface area contributed by atoms with E-state index >= 15 is 0 Å². The van der Waals surface area contributed by atoms with E-state index in [0.29, 0.717) is 13.1 Å². The Labute approximate surface area is 113 Å². The largest absolute Gasteiger partial charge is 0.481 e. The summed E-state index contributed by atoms with van der Waals surface area (Å²) in [7, 11) is 1.89. The van der Waals surface area contributed by atoms with E-state index < -0.39 is 5.97 Å². The van der Waals surface area contributed by atoms with Gasteiger partial charge in [-0.3, -0.25) is 4.79 Å². The van der Waals surface area contributed by atoms with E-state index in [1.807, 2.05) is 24.1 Å². The zero-order chi connectivity index (χ0) is 13.1. The number of aliphatic carboxylic acids is 1. The summed E-state index contributed by atoms with van der Waals surface area (Å²) in [6, 6.07) is 3.80. The van der Waals surface area contributed by atoms with Gasteiger partial charge in [-0.1, -0.05) is 15.9 Å². The summed E-state index contributed by atoms with van der Waals surface area (Å²) in [5.41, 5.74) is 1.05. The topological polar surface area (TPSA) is 59.0 Å². The van der Waals surface area contributed by atoms with Crippen molar-refractivity contribution in [3.63, 3.8) is 0 Å². The predicted molar refractivity (Wildman–Crippen MR) is 68.9 cm³/mol. The molecule has 1 aliphatic rings. The molecule has 1 N–H and O–H groups in total. The average Bonchev–Trinajstić information content (AvgIpc) is 2.74. The number of carbonyl (C=O) groups is 1. The van der Waals surface area contributed by atoms with Gasteiger partial charge < -0.3 is 19.5 Å². The molecule has 98 valence electrons. The lowest BCUT2D eigenvalue weighted by Crippen LogP contribution is -2.21. The van der Waals surface area contributed by atoms with Crippen LogP contribution in [0.3, 0.4) is 0 Å². The van der Waals surface area contributed by atoms with Gasteiger partial charge in [-0.15, -0.1) is 0 Å². The fourth-order valence-electron chi connectivity index (χ4n) is 1.74. The van der Waals surface area contributed by atoms with Crippen LogP contribution in [0.2, 0.25) is 0 Å². The summed E-state index contributed by atoms with van der Waals surface area (Å²) >= 11 is 3.48. The average molecular weight is 316 g/mol. The van der Waals surface area contributed by atoms with Crippen LogP contribution in [0, 0.1) is 0 Å². The molecule has 0 spiro atoms. The fraction of sp³-hybridized carbons (Fsp3) is 0.417. The van der Waals surface area contributed by atoms with Gasteiger partial charge in [-0.05, 0) is 24.7 Å². The summed E-state index contributed by atoms with van der Waals surface area (Å²) in [6.07, 6.45) is 0.138. The third-order valence-electron chi connectivity index (χ3n) is 2.69. The van der Waals surface area contributed by atoms with Crippen LogP contribution in [0.15, 0.2) is 16.6 Å². The first kappa shape index (κ1) is 13.2. The highest BCUT2D eigenvalue weighted by atomic mass is 79.9. The van der Waals surface area contributed by atoms with Gasteiger partial charge in [-0.2, -0.15) is 0 Å². The number of nitrogens with zero attached hydrogens (tertiary/aromatic N) is 1. The molecule has 0 saturated heterocycles. The molecule has 0 bridgehead atoms. The number of hydrogen-bond donors (Lipinski definition) is 1. The first-order chi connectivity index (χ1) is 8.56. The second kappa shape index (κ2) is 5.58. The van der Waals surface area contributed by atoms with Gasteiger partial charge in [0.2, 0.25) is 6.79 Å². The van der Waals surface area contributed by atoms with Gasteiger partial charge >= 0.3 is 5.97 Å². The van der Waals surface area contributed by atoms with Crippen LogP contribution in [0.5, 0.6) is 11.5 Å². The van der Waals surface area contributed by atoms with Crippen LogP contribution in [0.25, 0.3) is 0 Å². The molecular formula is C12H14BrNO4. The summed E-state index contributed by atoms with van der Waals surface area (Å²) < 4.78 is 11.5. The number of halogens is 1. The summed E-state index contributed by atoms with van der Waals surface area (Å²) in [6.45, 7) is 1.42. The molecule has 1 aromatic carbocycles. The highest BCUT2D eigenvalue weighted by Crippen LogP contribution is 2.37. The lowest BCUT2D eigenvalue weighted by atomic mass is 10.2. The molecule has 1 aromatic rings. The van der Waals surface area contributed by atoms with Crippen molar-refractivity contribution in [2.45, 2.75) is 13.0 Å². The minimum atomic E-state index is -0.786. The lowest BCUT2D eigenvalue weighted by Gasteiger charge is -2.16. The van der Waals surface area contributed by atoms with Crippen LogP contribution in [0.1, 0.15) is 12.0 Å². The third-order valence-corrected chi connectivity index (χ3v) is 3.43. The highest BCUT2D eigenvalue weighted by Gasteiger charge is 2.17. The molecule has 1 aliphatic heterocycles. The van der Waals surface area contributed by atoms with Crippen LogP contribution >= 0.6 is 15.9 Å².